The van der Waals surface area contributed by atoms with Crippen molar-refractivity contribution in [3.05, 3.63) is 0 Å². The van der Waals surface area contributed by atoms with E-state index >= 15 is 0 Å². The molecule has 0 aromatic carbocycles. The molecule has 500 valence electrons. The van der Waals surface area contributed by atoms with Crippen molar-refractivity contribution in [2.75, 3.05) is 39.6 Å². The molecule has 0 rings (SSSR count). The molecule has 0 amide bonds. The van der Waals surface area contributed by atoms with Gasteiger partial charge in [-0.15, -0.1) is 0 Å². The summed E-state index contributed by atoms with van der Waals surface area (Å²) in [4.78, 5) is 0. The average Bonchev–Trinajstić information content (AvgIpc) is 3.49. The van der Waals surface area contributed by atoms with Crippen molar-refractivity contribution < 1.29 is 18.9 Å². The number of ether oxygens (including phenoxy) is 4. The van der Waals surface area contributed by atoms with Gasteiger partial charge in [0.2, 0.25) is 0 Å². The van der Waals surface area contributed by atoms with Crippen LogP contribution in [0.3, 0.4) is 0 Å². The Hall–Kier alpha value is -0.160. The fourth-order valence-electron chi connectivity index (χ4n) is 12.7. The van der Waals surface area contributed by atoms with Crippen LogP contribution in [0.1, 0.15) is 458 Å². The summed E-state index contributed by atoms with van der Waals surface area (Å²) in [6.45, 7) is 14.3. The largest absolute Gasteiger partial charge is 0.379 e. The maximum atomic E-state index is 6.68. The van der Waals surface area contributed by atoms with Gasteiger partial charge >= 0.3 is 0 Å². The molecule has 0 aromatic rings. The molecule has 0 spiro atoms. The van der Waals surface area contributed by atoms with Gasteiger partial charge in [-0.2, -0.15) is 0 Å². The number of hydrogen-bond acceptors (Lipinski definition) is 4. The highest BCUT2D eigenvalue weighted by Crippen LogP contribution is 2.20. The maximum Gasteiger partial charge on any atom is 0.0808 e. The van der Waals surface area contributed by atoms with E-state index in [9.17, 15) is 0 Å². The van der Waals surface area contributed by atoms with Crippen LogP contribution in [0.2, 0.25) is 0 Å². The maximum absolute atomic E-state index is 6.68. The molecule has 4 heteroatoms. The van der Waals surface area contributed by atoms with Gasteiger partial charge in [0.1, 0.15) is 0 Å². The zero-order valence-corrected chi connectivity index (χ0v) is 58.4. The van der Waals surface area contributed by atoms with E-state index in [-0.39, 0.29) is 12.2 Å². The predicted molar refractivity (Wildman–Crippen MR) is 373 cm³/mol. The third kappa shape index (κ3) is 74.2. The van der Waals surface area contributed by atoms with Crippen LogP contribution in [-0.2, 0) is 18.9 Å². The van der Waals surface area contributed by atoms with E-state index in [1.54, 1.807) is 0 Å². The summed E-state index contributed by atoms with van der Waals surface area (Å²) in [7, 11) is 0. The van der Waals surface area contributed by atoms with Gasteiger partial charge in [-0.3, -0.25) is 0 Å². The van der Waals surface area contributed by atoms with Gasteiger partial charge in [0, 0.05) is 26.4 Å². The molecule has 2 atom stereocenters. The third-order valence-electron chi connectivity index (χ3n) is 18.6. The van der Waals surface area contributed by atoms with Crippen LogP contribution in [0.4, 0.5) is 0 Å². The molecule has 0 saturated heterocycles. The fraction of sp³-hybridized carbons (Fsp3) is 1.00. The summed E-state index contributed by atoms with van der Waals surface area (Å²) >= 11 is 0. The molecule has 0 fully saturated rings. The first-order valence-electron chi connectivity index (χ1n) is 39.7. The molecule has 2 unspecified atom stereocenters. The van der Waals surface area contributed by atoms with Gasteiger partial charge in [-0.1, -0.05) is 413 Å². The quantitative estimate of drug-likeness (QED) is 0.0569. The minimum absolute atomic E-state index is 0.194. The molecule has 0 aliphatic heterocycles. The summed E-state index contributed by atoms with van der Waals surface area (Å²) in [5.41, 5.74) is 0. The summed E-state index contributed by atoms with van der Waals surface area (Å²) in [5.74, 6) is 0. The number of hydrogen-bond donors (Lipinski definition) is 0. The second-order valence-corrected chi connectivity index (χ2v) is 27.3. The predicted octanol–water partition coefficient (Wildman–Crippen LogP) is 28.0. The average molecular weight is 1170 g/mol. The van der Waals surface area contributed by atoms with E-state index in [4.69, 9.17) is 18.9 Å². The van der Waals surface area contributed by atoms with Gasteiger partial charge in [0.15, 0.2) is 0 Å². The molecule has 0 N–H and O–H groups in total. The minimum atomic E-state index is 0.194. The molecule has 0 heterocycles. The smallest absolute Gasteiger partial charge is 0.0808 e. The lowest BCUT2D eigenvalue weighted by atomic mass is 10.0. The standard InChI is InChI=1S/C79H160O4/c1-5-9-13-17-21-25-29-33-37-41-45-49-53-57-61-65-72-80-76-78(82-74-67-63-59-55-51-47-43-39-35-31-27-23-19-15-11-7-3)70-69-71-79(83-75-68-64-60-56-52-48-44-40-36-32-28-24-20-16-12-8-4)77-81-73-66-62-58-54-50-46-42-38-34-30-26-22-18-14-10-6-2/h78-79H,5-77H2,1-4H3. The highest BCUT2D eigenvalue weighted by Gasteiger charge is 2.15. The van der Waals surface area contributed by atoms with E-state index in [0.29, 0.717) is 0 Å². The molecule has 0 aliphatic rings. The summed E-state index contributed by atoms with van der Waals surface area (Å²) in [6, 6.07) is 0. The first kappa shape index (κ1) is 82.8. The van der Waals surface area contributed by atoms with Crippen molar-refractivity contribution >= 4 is 0 Å². The van der Waals surface area contributed by atoms with Crippen LogP contribution in [0.15, 0.2) is 0 Å². The molecule has 83 heavy (non-hydrogen) atoms. The fourth-order valence-corrected chi connectivity index (χ4v) is 12.7. The molecule has 0 aliphatic carbocycles. The second-order valence-electron chi connectivity index (χ2n) is 27.3. The van der Waals surface area contributed by atoms with Crippen LogP contribution in [0.25, 0.3) is 0 Å². The molecule has 0 aromatic heterocycles. The first-order chi connectivity index (χ1) is 41.3. The third-order valence-corrected chi connectivity index (χ3v) is 18.6. The van der Waals surface area contributed by atoms with Crippen LogP contribution >= 0.6 is 0 Å². The Morgan fingerprint density at radius 3 is 0.470 bits per heavy atom. The van der Waals surface area contributed by atoms with E-state index in [0.717, 1.165) is 58.9 Å². The van der Waals surface area contributed by atoms with Crippen molar-refractivity contribution in [3.8, 4) is 0 Å². The van der Waals surface area contributed by atoms with Gasteiger partial charge in [0.25, 0.3) is 0 Å². The molecule has 0 radical (unpaired) electrons. The zero-order chi connectivity index (χ0) is 59.6. The van der Waals surface area contributed by atoms with Crippen molar-refractivity contribution in [2.24, 2.45) is 0 Å². The van der Waals surface area contributed by atoms with Crippen molar-refractivity contribution in [1.29, 1.82) is 0 Å². The monoisotopic (exact) mass is 1170 g/mol. The summed E-state index contributed by atoms with van der Waals surface area (Å²) in [5, 5.41) is 0. The highest BCUT2D eigenvalue weighted by molar-refractivity contribution is 4.65. The lowest BCUT2D eigenvalue weighted by Crippen LogP contribution is -2.24. The number of unbranched alkanes of at least 4 members (excludes halogenated alkanes) is 60. The summed E-state index contributed by atoms with van der Waals surface area (Å²) in [6.07, 6.45) is 93.7. The Labute approximate surface area is 526 Å². The Morgan fingerprint density at radius 1 is 0.157 bits per heavy atom. The lowest BCUT2D eigenvalue weighted by molar-refractivity contribution is -0.0369. The molecule has 0 bridgehead atoms. The lowest BCUT2D eigenvalue weighted by Gasteiger charge is -2.21. The van der Waals surface area contributed by atoms with Crippen molar-refractivity contribution in [1.82, 2.24) is 0 Å². The zero-order valence-electron chi connectivity index (χ0n) is 58.4. The van der Waals surface area contributed by atoms with Gasteiger partial charge in [0.05, 0.1) is 25.4 Å². The Bertz CT molecular complexity index is 999. The van der Waals surface area contributed by atoms with E-state index in [1.165, 1.54) is 411 Å². The minimum Gasteiger partial charge on any atom is -0.379 e. The Kier molecular flexibility index (Phi) is 77.8. The highest BCUT2D eigenvalue weighted by atomic mass is 16.5. The topological polar surface area (TPSA) is 36.9 Å². The molecular weight excluding hydrogens is 1010 g/mol. The van der Waals surface area contributed by atoms with Crippen LogP contribution in [-0.4, -0.2) is 51.8 Å². The molecule has 0 saturated carbocycles. The van der Waals surface area contributed by atoms with Crippen LogP contribution in [0.5, 0.6) is 0 Å². The first-order valence-corrected chi connectivity index (χ1v) is 39.7. The van der Waals surface area contributed by atoms with E-state index in [2.05, 4.69) is 27.7 Å². The van der Waals surface area contributed by atoms with Crippen LogP contribution < -0.4 is 0 Å². The van der Waals surface area contributed by atoms with Gasteiger partial charge in [-0.25, -0.2) is 0 Å². The number of rotatable bonds is 78. The Morgan fingerprint density at radius 2 is 0.301 bits per heavy atom. The normalized spacial score (nSPS) is 12.6. The SMILES string of the molecule is CCCCCCCCCCCCCCCCCCOCC(CCCC(COCCCCCCCCCCCCCCCCCC)OCCCCCCCCCCCCCCCCCC)OCCCCCCCCCCCCCCCCCC. The summed E-state index contributed by atoms with van der Waals surface area (Å²) < 4.78 is 26.2. The van der Waals surface area contributed by atoms with E-state index < -0.39 is 0 Å². The second kappa shape index (κ2) is 77.9. The van der Waals surface area contributed by atoms with Gasteiger partial charge < -0.3 is 18.9 Å². The van der Waals surface area contributed by atoms with Gasteiger partial charge in [-0.05, 0) is 44.9 Å². The van der Waals surface area contributed by atoms with Crippen molar-refractivity contribution in [2.45, 2.75) is 470 Å². The molecule has 4 nitrogen and oxygen atoms in total. The van der Waals surface area contributed by atoms with Crippen molar-refractivity contribution in [3.63, 3.8) is 0 Å². The van der Waals surface area contributed by atoms with Crippen LogP contribution in [0, 0.1) is 0 Å². The Balaban J connectivity index is 4.81. The molecular formula is C79H160O4. The van der Waals surface area contributed by atoms with E-state index in [1.807, 2.05) is 0 Å².